The van der Waals surface area contributed by atoms with Crippen molar-refractivity contribution >= 4 is 16.4 Å². The minimum atomic E-state index is -5.05. The summed E-state index contributed by atoms with van der Waals surface area (Å²) in [6.45, 7) is 3.97. The van der Waals surface area contributed by atoms with Crippen LogP contribution < -0.4 is 0 Å². The highest BCUT2D eigenvalue weighted by Gasteiger charge is 2.48. The quantitative estimate of drug-likeness (QED) is 0.0260. The van der Waals surface area contributed by atoms with Crippen molar-refractivity contribution in [3.8, 4) is 0 Å². The maximum absolute atomic E-state index is 12.7. The Kier molecular flexibility index (Phi) is 35.9. The molecule has 6 atom stereocenters. The van der Waals surface area contributed by atoms with Gasteiger partial charge in [-0.05, 0) is 12.8 Å². The first-order valence-corrected chi connectivity index (χ1v) is 25.2. The van der Waals surface area contributed by atoms with Gasteiger partial charge in [0, 0.05) is 13.0 Å². The van der Waals surface area contributed by atoms with Crippen molar-refractivity contribution in [3.05, 3.63) is 0 Å². The van der Waals surface area contributed by atoms with E-state index in [-0.39, 0.29) is 19.6 Å². The normalized spacial score (nSPS) is 20.4. The van der Waals surface area contributed by atoms with Crippen molar-refractivity contribution in [3.63, 3.8) is 0 Å². The highest BCUT2D eigenvalue weighted by atomic mass is 32.3. The topological polar surface area (TPSA) is 178 Å². The predicted molar refractivity (Wildman–Crippen MR) is 230 cm³/mol. The van der Waals surface area contributed by atoms with Crippen LogP contribution in [0.2, 0.25) is 0 Å². The van der Waals surface area contributed by atoms with Crippen LogP contribution in [-0.2, 0) is 38.3 Å². The number of esters is 1. The van der Waals surface area contributed by atoms with Crippen LogP contribution in [0.15, 0.2) is 0 Å². The SMILES string of the molecule is CCCCCCCCCCCCCCCCCCCCCCCCCCOCC(COC1OC(CO)C(O)C(OS(=O)(=O)O)C1O)OC(=O)CCCCCCCCC. The average Bonchev–Trinajstić information content (AvgIpc) is 3.19. The van der Waals surface area contributed by atoms with E-state index in [1.54, 1.807) is 0 Å². The summed E-state index contributed by atoms with van der Waals surface area (Å²) in [4.78, 5) is 12.7. The van der Waals surface area contributed by atoms with Gasteiger partial charge in [-0.15, -0.1) is 0 Å². The van der Waals surface area contributed by atoms with Crippen LogP contribution in [0.5, 0.6) is 0 Å². The molecule has 4 N–H and O–H groups in total. The minimum absolute atomic E-state index is 0.0436. The van der Waals surface area contributed by atoms with Gasteiger partial charge in [0.15, 0.2) is 6.29 Å². The van der Waals surface area contributed by atoms with Gasteiger partial charge < -0.3 is 34.3 Å². The molecule has 0 aromatic rings. The molecule has 0 saturated carbocycles. The molecule has 1 saturated heterocycles. The molecule has 0 aromatic heterocycles. The summed E-state index contributed by atoms with van der Waals surface area (Å²) in [6, 6.07) is 0. The van der Waals surface area contributed by atoms with Crippen LogP contribution in [0.1, 0.15) is 219 Å². The molecular weight excluding hydrogens is 765 g/mol. The van der Waals surface area contributed by atoms with E-state index in [2.05, 4.69) is 18.0 Å². The summed E-state index contributed by atoms with van der Waals surface area (Å²) >= 11 is 0. The number of hydrogen-bond acceptors (Lipinski definition) is 11. The standard InChI is InChI=1S/C45H88O12S/c1-3-5-7-9-11-12-13-14-15-16-17-18-19-20-21-22-23-24-25-26-27-29-31-33-35-53-37-39(55-41(47)34-32-30-28-10-8-6-4-2)38-54-45-43(49)44(57-58(50,51)52)42(48)40(36-46)56-45/h39-40,42-46,48-49H,3-38H2,1-2H3,(H,50,51,52). The summed E-state index contributed by atoms with van der Waals surface area (Å²) in [6.07, 6.45) is 30.4. The number of rotatable bonds is 42. The van der Waals surface area contributed by atoms with E-state index in [1.807, 2.05) is 0 Å². The van der Waals surface area contributed by atoms with Crippen molar-refractivity contribution in [2.45, 2.75) is 256 Å². The molecule has 0 aliphatic carbocycles. The van der Waals surface area contributed by atoms with Gasteiger partial charge in [-0.3, -0.25) is 9.35 Å². The summed E-state index contributed by atoms with van der Waals surface area (Å²) in [5, 5.41) is 30.6. The maximum Gasteiger partial charge on any atom is 0.397 e. The van der Waals surface area contributed by atoms with E-state index >= 15 is 0 Å². The number of ether oxygens (including phenoxy) is 4. The number of hydrogen-bond donors (Lipinski definition) is 4. The van der Waals surface area contributed by atoms with Crippen LogP contribution in [0.3, 0.4) is 0 Å². The molecule has 13 heteroatoms. The Morgan fingerprint density at radius 1 is 0.586 bits per heavy atom. The number of carbonyl (C=O) groups is 1. The second-order valence-corrected chi connectivity index (χ2v) is 17.8. The minimum Gasteiger partial charge on any atom is -0.457 e. The molecule has 0 aromatic carbocycles. The molecule has 0 radical (unpaired) electrons. The zero-order valence-corrected chi connectivity index (χ0v) is 37.7. The number of carbonyl (C=O) groups excluding carboxylic acids is 1. The van der Waals surface area contributed by atoms with Gasteiger partial charge in [0.05, 0.1) is 19.8 Å². The summed E-state index contributed by atoms with van der Waals surface area (Å²) < 4.78 is 58.9. The number of unbranched alkanes of at least 4 members (excludes halogenated alkanes) is 29. The fourth-order valence-corrected chi connectivity index (χ4v) is 8.12. The third-order valence-electron chi connectivity index (χ3n) is 11.2. The summed E-state index contributed by atoms with van der Waals surface area (Å²) in [5.41, 5.74) is 0. The third-order valence-corrected chi connectivity index (χ3v) is 11.7. The molecule has 1 fully saturated rings. The van der Waals surface area contributed by atoms with Crippen LogP contribution in [0.25, 0.3) is 0 Å². The monoisotopic (exact) mass is 853 g/mol. The molecule has 58 heavy (non-hydrogen) atoms. The molecule has 0 spiro atoms. The van der Waals surface area contributed by atoms with Crippen LogP contribution in [-0.4, -0.2) is 97.5 Å². The molecule has 1 aliphatic heterocycles. The van der Waals surface area contributed by atoms with Gasteiger partial charge in [0.25, 0.3) is 0 Å². The van der Waals surface area contributed by atoms with Crippen LogP contribution >= 0.6 is 0 Å². The maximum atomic E-state index is 12.7. The summed E-state index contributed by atoms with van der Waals surface area (Å²) in [5.74, 6) is -0.401. The van der Waals surface area contributed by atoms with Crippen molar-refractivity contribution < 1.29 is 56.2 Å². The van der Waals surface area contributed by atoms with Crippen molar-refractivity contribution in [1.82, 2.24) is 0 Å². The second kappa shape index (κ2) is 37.8. The van der Waals surface area contributed by atoms with E-state index in [0.29, 0.717) is 13.0 Å². The molecular formula is C45H88O12S. The third kappa shape index (κ3) is 31.0. The smallest absolute Gasteiger partial charge is 0.397 e. The predicted octanol–water partition coefficient (Wildman–Crippen LogP) is 10.1. The van der Waals surface area contributed by atoms with Crippen LogP contribution in [0.4, 0.5) is 0 Å². The molecule has 1 rings (SSSR count). The molecule has 1 heterocycles. The Morgan fingerprint density at radius 2 is 0.983 bits per heavy atom. The van der Waals surface area contributed by atoms with Crippen LogP contribution in [0, 0.1) is 0 Å². The van der Waals surface area contributed by atoms with Gasteiger partial charge in [-0.1, -0.05) is 200 Å². The van der Waals surface area contributed by atoms with E-state index < -0.39 is 59.8 Å². The fraction of sp³-hybridized carbons (Fsp3) is 0.978. The van der Waals surface area contributed by atoms with Gasteiger partial charge >= 0.3 is 16.4 Å². The van der Waals surface area contributed by atoms with Crippen molar-refractivity contribution in [1.29, 1.82) is 0 Å². The highest BCUT2D eigenvalue weighted by Crippen LogP contribution is 2.26. The second-order valence-electron chi connectivity index (χ2n) is 16.7. The Bertz CT molecular complexity index is 1030. The van der Waals surface area contributed by atoms with Crippen molar-refractivity contribution in [2.24, 2.45) is 0 Å². The van der Waals surface area contributed by atoms with E-state index in [9.17, 15) is 28.5 Å². The van der Waals surface area contributed by atoms with Gasteiger partial charge in [-0.2, -0.15) is 8.42 Å². The summed E-state index contributed by atoms with van der Waals surface area (Å²) in [7, 11) is -5.05. The largest absolute Gasteiger partial charge is 0.457 e. The zero-order valence-electron chi connectivity index (χ0n) is 36.9. The lowest BCUT2D eigenvalue weighted by molar-refractivity contribution is -0.301. The van der Waals surface area contributed by atoms with E-state index in [4.69, 9.17) is 23.5 Å². The first-order chi connectivity index (χ1) is 28.1. The molecule has 6 unspecified atom stereocenters. The lowest BCUT2D eigenvalue weighted by Gasteiger charge is -2.41. The number of aliphatic hydroxyl groups is 3. The van der Waals surface area contributed by atoms with E-state index in [0.717, 1.165) is 38.5 Å². The average molecular weight is 853 g/mol. The lowest BCUT2D eigenvalue weighted by atomic mass is 9.99. The number of aliphatic hydroxyl groups excluding tert-OH is 3. The van der Waals surface area contributed by atoms with Gasteiger partial charge in [0.1, 0.15) is 30.5 Å². The fourth-order valence-electron chi connectivity index (χ4n) is 7.62. The molecule has 346 valence electrons. The van der Waals surface area contributed by atoms with Gasteiger partial charge in [0.2, 0.25) is 0 Å². The molecule has 0 amide bonds. The molecule has 0 bridgehead atoms. The Balaban J connectivity index is 2.23. The Labute approximate surface area is 354 Å². The zero-order chi connectivity index (χ0) is 42.5. The molecule has 12 nitrogen and oxygen atoms in total. The van der Waals surface area contributed by atoms with E-state index in [1.165, 1.54) is 154 Å². The van der Waals surface area contributed by atoms with Crippen molar-refractivity contribution in [2.75, 3.05) is 26.4 Å². The Hall–Kier alpha value is -0.900. The Morgan fingerprint density at radius 3 is 1.38 bits per heavy atom. The molecule has 1 aliphatic rings. The van der Waals surface area contributed by atoms with Gasteiger partial charge in [-0.25, -0.2) is 4.18 Å². The lowest BCUT2D eigenvalue weighted by Crippen LogP contribution is -2.60. The highest BCUT2D eigenvalue weighted by molar-refractivity contribution is 7.80. The first-order valence-electron chi connectivity index (χ1n) is 23.8. The first kappa shape index (κ1) is 55.1.